The summed E-state index contributed by atoms with van der Waals surface area (Å²) in [6.45, 7) is 9.70. The van der Waals surface area contributed by atoms with E-state index in [-0.39, 0.29) is 36.3 Å². The van der Waals surface area contributed by atoms with Crippen LogP contribution in [0.1, 0.15) is 60.8 Å². The highest BCUT2D eigenvalue weighted by molar-refractivity contribution is 7.09. The molecule has 0 aliphatic carbocycles. The van der Waals surface area contributed by atoms with Crippen LogP contribution in [0.3, 0.4) is 0 Å². The van der Waals surface area contributed by atoms with Gasteiger partial charge in [-0.05, 0) is 37.8 Å². The van der Waals surface area contributed by atoms with Crippen LogP contribution in [-0.4, -0.2) is 47.7 Å². The van der Waals surface area contributed by atoms with Gasteiger partial charge in [-0.15, -0.1) is 11.3 Å². The fourth-order valence-electron chi connectivity index (χ4n) is 3.77. The van der Waals surface area contributed by atoms with Gasteiger partial charge in [0.25, 0.3) is 5.91 Å². The maximum absolute atomic E-state index is 13.0. The van der Waals surface area contributed by atoms with Crippen LogP contribution < -0.4 is 10.6 Å². The highest BCUT2D eigenvalue weighted by Crippen LogP contribution is 2.24. The van der Waals surface area contributed by atoms with Crippen LogP contribution in [0.2, 0.25) is 0 Å². The summed E-state index contributed by atoms with van der Waals surface area (Å²) in [4.78, 5) is 29.7. The minimum atomic E-state index is -0.744. The number of aliphatic hydroxyl groups excluding tert-OH is 1. The predicted molar refractivity (Wildman–Crippen MR) is 136 cm³/mol. The smallest absolute Gasteiger partial charge is 0.309 e. The molecule has 186 valence electrons. The van der Waals surface area contributed by atoms with Gasteiger partial charge in [-0.25, -0.2) is 4.98 Å². The van der Waals surface area contributed by atoms with Crippen LogP contribution in [0.5, 0.6) is 0 Å². The summed E-state index contributed by atoms with van der Waals surface area (Å²) in [6.07, 6.45) is 2.30. The fraction of sp³-hybridized carbons (Fsp3) is 0.500. The van der Waals surface area contributed by atoms with Gasteiger partial charge in [0.05, 0.1) is 5.92 Å². The number of benzene rings is 1. The Kier molecular flexibility index (Phi) is 11.4. The molecule has 34 heavy (non-hydrogen) atoms. The van der Waals surface area contributed by atoms with E-state index in [2.05, 4.69) is 36.0 Å². The maximum atomic E-state index is 13.0. The number of aliphatic hydroxyl groups is 1. The van der Waals surface area contributed by atoms with Gasteiger partial charge in [0.1, 0.15) is 23.4 Å². The van der Waals surface area contributed by atoms with E-state index in [9.17, 15) is 14.7 Å². The molecule has 0 saturated carbocycles. The van der Waals surface area contributed by atoms with Crippen molar-refractivity contribution < 1.29 is 19.4 Å². The summed E-state index contributed by atoms with van der Waals surface area (Å²) < 4.78 is 5.17. The number of aromatic nitrogens is 1. The number of hydrogen-bond acceptors (Lipinski definition) is 7. The minimum Gasteiger partial charge on any atom is -0.461 e. The molecule has 0 spiro atoms. The number of nitrogens with zero attached hydrogens (tertiary/aromatic N) is 1. The Morgan fingerprint density at radius 1 is 1.21 bits per heavy atom. The summed E-state index contributed by atoms with van der Waals surface area (Å²) in [5.74, 6) is -0.676. The summed E-state index contributed by atoms with van der Waals surface area (Å²) in [5.41, 5.74) is 1.32. The molecule has 0 aliphatic heterocycles. The molecule has 1 aromatic carbocycles. The molecule has 2 aromatic rings. The third-order valence-electron chi connectivity index (χ3n) is 5.74. The van der Waals surface area contributed by atoms with Crippen molar-refractivity contribution in [3.05, 3.63) is 64.6 Å². The molecular weight excluding hydrogens is 450 g/mol. The largest absolute Gasteiger partial charge is 0.461 e. The Bertz CT molecular complexity index is 916. The van der Waals surface area contributed by atoms with Crippen molar-refractivity contribution in [2.75, 3.05) is 13.7 Å². The second kappa shape index (κ2) is 14.0. The van der Waals surface area contributed by atoms with E-state index < -0.39 is 12.0 Å². The van der Waals surface area contributed by atoms with Gasteiger partial charge < -0.3 is 20.5 Å². The Labute approximate surface area is 206 Å². The van der Waals surface area contributed by atoms with Crippen LogP contribution in [0.25, 0.3) is 0 Å². The number of nitrogens with one attached hydrogen (secondary N) is 2. The standard InChI is InChI=1S/C26H37N3O4S/c1-6-12-33-26(32)18(4)13-20(14-19-10-8-7-9-11-19)28-24(31)22-16-34-25(29-22)23(30)15-21(27-5)17(2)3/h6-11,16-18,20-21,23,27,30H,1,12-15H2,2-5H3,(H,28,31)/t18-,20+,21+,23+/m0/s1. The molecule has 4 atom stereocenters. The van der Waals surface area contributed by atoms with Gasteiger partial charge >= 0.3 is 5.97 Å². The minimum absolute atomic E-state index is 0.147. The Balaban J connectivity index is 2.09. The monoisotopic (exact) mass is 487 g/mol. The van der Waals surface area contributed by atoms with Gasteiger partial charge in [-0.3, -0.25) is 9.59 Å². The van der Waals surface area contributed by atoms with Crippen molar-refractivity contribution >= 4 is 23.2 Å². The second-order valence-electron chi connectivity index (χ2n) is 8.88. The lowest BCUT2D eigenvalue weighted by atomic mass is 9.96. The molecule has 7 nitrogen and oxygen atoms in total. The van der Waals surface area contributed by atoms with Crippen LogP contribution in [0, 0.1) is 11.8 Å². The van der Waals surface area contributed by atoms with E-state index in [1.165, 1.54) is 17.4 Å². The molecule has 0 aliphatic rings. The summed E-state index contributed by atoms with van der Waals surface area (Å²) in [6, 6.07) is 9.67. The SMILES string of the molecule is C=CCOC(=O)[C@@H](C)C[C@H](Cc1ccccc1)NC(=O)c1csc([C@H](O)C[C@@H](NC)C(C)C)n1. The van der Waals surface area contributed by atoms with Gasteiger partial charge in [0.15, 0.2) is 0 Å². The van der Waals surface area contributed by atoms with Gasteiger partial charge in [0, 0.05) is 17.5 Å². The van der Waals surface area contributed by atoms with Gasteiger partial charge in [-0.1, -0.05) is 63.8 Å². The zero-order chi connectivity index (χ0) is 25.1. The van der Waals surface area contributed by atoms with Gasteiger partial charge in [-0.2, -0.15) is 0 Å². The first kappa shape index (κ1) is 27.7. The number of hydrogen-bond donors (Lipinski definition) is 3. The summed E-state index contributed by atoms with van der Waals surface area (Å²) in [5, 5.41) is 19.0. The molecule has 8 heteroatoms. The molecule has 0 saturated heterocycles. The third-order valence-corrected chi connectivity index (χ3v) is 6.68. The number of rotatable bonds is 14. The van der Waals surface area contributed by atoms with Crippen molar-refractivity contribution in [2.24, 2.45) is 11.8 Å². The lowest BCUT2D eigenvalue weighted by Crippen LogP contribution is -2.39. The molecule has 2 rings (SSSR count). The van der Waals surface area contributed by atoms with Crippen molar-refractivity contribution in [3.8, 4) is 0 Å². The topological polar surface area (TPSA) is 101 Å². The third kappa shape index (κ3) is 8.66. The van der Waals surface area contributed by atoms with E-state index in [1.807, 2.05) is 37.4 Å². The Morgan fingerprint density at radius 3 is 2.53 bits per heavy atom. The number of thiazole rings is 1. The fourth-order valence-corrected chi connectivity index (χ4v) is 4.56. The molecular formula is C26H37N3O4S. The highest BCUT2D eigenvalue weighted by Gasteiger charge is 2.25. The quantitative estimate of drug-likeness (QED) is 0.276. The number of carbonyl (C=O) groups is 2. The summed E-state index contributed by atoms with van der Waals surface area (Å²) >= 11 is 1.28. The van der Waals surface area contributed by atoms with Crippen molar-refractivity contribution in [2.45, 2.75) is 58.2 Å². The van der Waals surface area contributed by atoms with Crippen LogP contribution in [-0.2, 0) is 16.0 Å². The summed E-state index contributed by atoms with van der Waals surface area (Å²) in [7, 11) is 1.87. The molecule has 0 bridgehead atoms. The average molecular weight is 488 g/mol. The molecule has 0 radical (unpaired) electrons. The Hall–Kier alpha value is -2.55. The van der Waals surface area contributed by atoms with Gasteiger partial charge in [0.2, 0.25) is 0 Å². The lowest BCUT2D eigenvalue weighted by molar-refractivity contribution is -0.147. The predicted octanol–water partition coefficient (Wildman–Crippen LogP) is 3.91. The molecule has 0 unspecified atom stereocenters. The molecule has 1 amide bonds. The molecule has 1 aromatic heterocycles. The molecule has 1 heterocycles. The number of amides is 1. The Morgan fingerprint density at radius 2 is 1.91 bits per heavy atom. The first-order valence-electron chi connectivity index (χ1n) is 11.7. The zero-order valence-electron chi connectivity index (χ0n) is 20.5. The molecule has 0 fully saturated rings. The first-order valence-corrected chi connectivity index (χ1v) is 12.6. The van der Waals surface area contributed by atoms with Crippen LogP contribution >= 0.6 is 11.3 Å². The first-order chi connectivity index (χ1) is 16.2. The molecule has 3 N–H and O–H groups in total. The van der Waals surface area contributed by atoms with E-state index in [0.717, 1.165) is 5.56 Å². The number of ether oxygens (including phenoxy) is 1. The van der Waals surface area contributed by atoms with E-state index >= 15 is 0 Å². The zero-order valence-corrected chi connectivity index (χ0v) is 21.3. The van der Waals surface area contributed by atoms with Crippen molar-refractivity contribution in [1.29, 1.82) is 0 Å². The van der Waals surface area contributed by atoms with E-state index in [0.29, 0.717) is 30.2 Å². The van der Waals surface area contributed by atoms with Crippen LogP contribution in [0.4, 0.5) is 0 Å². The van der Waals surface area contributed by atoms with Crippen molar-refractivity contribution in [3.63, 3.8) is 0 Å². The van der Waals surface area contributed by atoms with Crippen molar-refractivity contribution in [1.82, 2.24) is 15.6 Å². The number of carbonyl (C=O) groups excluding carboxylic acids is 2. The normalized spacial score (nSPS) is 14.8. The number of esters is 1. The van der Waals surface area contributed by atoms with Crippen LogP contribution in [0.15, 0.2) is 48.4 Å². The lowest BCUT2D eigenvalue weighted by Gasteiger charge is -2.22. The van der Waals surface area contributed by atoms with E-state index in [1.54, 1.807) is 12.3 Å². The maximum Gasteiger partial charge on any atom is 0.309 e. The highest BCUT2D eigenvalue weighted by atomic mass is 32.1. The second-order valence-corrected chi connectivity index (χ2v) is 9.77. The average Bonchev–Trinajstić information content (AvgIpc) is 3.32. The van der Waals surface area contributed by atoms with E-state index in [4.69, 9.17) is 4.74 Å².